The Bertz CT molecular complexity index is 367. The van der Waals surface area contributed by atoms with Gasteiger partial charge >= 0.3 is 6.09 Å². The molecule has 0 radical (unpaired) electrons. The van der Waals surface area contributed by atoms with E-state index in [4.69, 9.17) is 9.84 Å². The van der Waals surface area contributed by atoms with E-state index in [-0.39, 0.29) is 12.5 Å². The number of nitrogens with one attached hydrogen (secondary N) is 6. The zero-order valence-corrected chi connectivity index (χ0v) is 13.2. The van der Waals surface area contributed by atoms with Gasteiger partial charge in [0.2, 0.25) is 5.91 Å². The summed E-state index contributed by atoms with van der Waals surface area (Å²) in [6.07, 6.45) is 0.405. The van der Waals surface area contributed by atoms with E-state index in [2.05, 4.69) is 32.6 Å². The smallest absolute Gasteiger partial charge is 0.408 e. The van der Waals surface area contributed by atoms with E-state index in [1.807, 2.05) is 0 Å². The minimum Gasteiger partial charge on any atom is -0.444 e. The van der Waals surface area contributed by atoms with Crippen molar-refractivity contribution in [2.45, 2.75) is 58.0 Å². The Balaban J connectivity index is 2.53. The van der Waals surface area contributed by atoms with Crippen LogP contribution in [0.3, 0.4) is 0 Å². The van der Waals surface area contributed by atoms with Crippen molar-refractivity contribution in [2.24, 2.45) is 0 Å². The van der Waals surface area contributed by atoms with Gasteiger partial charge in [0.1, 0.15) is 11.6 Å². The van der Waals surface area contributed by atoms with E-state index >= 15 is 0 Å². The Morgan fingerprint density at radius 2 is 1.86 bits per heavy atom. The molecular formula is C12H26N6O4. The molecule has 7 N–H and O–H groups in total. The van der Waals surface area contributed by atoms with E-state index < -0.39 is 24.0 Å². The van der Waals surface area contributed by atoms with Crippen LogP contribution in [0.15, 0.2) is 0 Å². The third-order valence-electron chi connectivity index (χ3n) is 2.69. The summed E-state index contributed by atoms with van der Waals surface area (Å²) in [6.45, 7) is 5.28. The highest BCUT2D eigenvalue weighted by Crippen LogP contribution is 2.08. The summed E-state index contributed by atoms with van der Waals surface area (Å²) in [4.78, 5) is 24.0. The molecule has 0 spiro atoms. The predicted molar refractivity (Wildman–Crippen MR) is 78.6 cm³/mol. The molecule has 2 amide bonds. The van der Waals surface area contributed by atoms with Crippen LogP contribution in [0, 0.1) is 0 Å². The second-order valence-electron chi connectivity index (χ2n) is 5.90. The number of alkyl carbamates (subject to hydrolysis) is 1. The lowest BCUT2D eigenvalue weighted by Crippen LogP contribution is -2.56. The van der Waals surface area contributed by atoms with E-state index in [1.54, 1.807) is 20.8 Å². The van der Waals surface area contributed by atoms with Crippen LogP contribution in [0.2, 0.25) is 0 Å². The largest absolute Gasteiger partial charge is 0.444 e. The van der Waals surface area contributed by atoms with E-state index in [0.29, 0.717) is 19.3 Å². The Morgan fingerprint density at radius 3 is 2.41 bits per heavy atom. The van der Waals surface area contributed by atoms with E-state index in [0.717, 1.165) is 0 Å². The summed E-state index contributed by atoms with van der Waals surface area (Å²) in [5.74, 6) is -0.362. The minimum atomic E-state index is -0.745. The maximum absolute atomic E-state index is 12.2. The first-order valence-corrected chi connectivity index (χ1v) is 7.23. The SMILES string of the molecule is CC(C)(C)OC(=O)N[C@@H](CCCCO)C(=O)NC1NNNN1. The number of hydrogen-bond acceptors (Lipinski definition) is 8. The highest BCUT2D eigenvalue weighted by molar-refractivity contribution is 5.85. The highest BCUT2D eigenvalue weighted by atomic mass is 16.6. The molecule has 0 saturated carbocycles. The zero-order chi connectivity index (χ0) is 16.6. The number of carbonyl (C=O) groups is 2. The molecule has 1 aliphatic rings. The van der Waals surface area contributed by atoms with Crippen molar-refractivity contribution in [1.82, 2.24) is 32.6 Å². The standard InChI is InChI=1S/C12H26N6O4/c1-12(2,3)22-11(21)13-8(6-4-5-7-19)9(20)14-10-15-17-18-16-10/h8,10,15-19H,4-7H2,1-3H3,(H,13,21)(H,14,20)/t8-/m0/s1. The molecule has 1 atom stereocenters. The third-order valence-corrected chi connectivity index (χ3v) is 2.69. The van der Waals surface area contributed by atoms with Gasteiger partial charge < -0.3 is 20.5 Å². The normalized spacial score (nSPS) is 17.1. The molecule has 1 heterocycles. The molecule has 0 unspecified atom stereocenters. The average molecular weight is 318 g/mol. The van der Waals surface area contributed by atoms with Gasteiger partial charge in [0, 0.05) is 6.61 Å². The van der Waals surface area contributed by atoms with Gasteiger partial charge in [0.25, 0.3) is 0 Å². The minimum absolute atomic E-state index is 0.0420. The summed E-state index contributed by atoms with van der Waals surface area (Å²) >= 11 is 0. The number of unbranched alkanes of at least 4 members (excludes halogenated alkanes) is 1. The summed E-state index contributed by atoms with van der Waals surface area (Å²) in [5.41, 5.74) is 9.93. The van der Waals surface area contributed by atoms with Crippen LogP contribution in [0.4, 0.5) is 4.79 Å². The van der Waals surface area contributed by atoms with Gasteiger partial charge in [-0.2, -0.15) is 11.1 Å². The fraction of sp³-hybridized carbons (Fsp3) is 0.833. The molecule has 0 aromatic carbocycles. The molecule has 10 heteroatoms. The van der Waals surface area contributed by atoms with E-state index in [1.165, 1.54) is 0 Å². The molecule has 0 aliphatic carbocycles. The van der Waals surface area contributed by atoms with Gasteiger partial charge in [-0.25, -0.2) is 15.6 Å². The van der Waals surface area contributed by atoms with Crippen molar-refractivity contribution >= 4 is 12.0 Å². The lowest BCUT2D eigenvalue weighted by molar-refractivity contribution is -0.124. The van der Waals surface area contributed by atoms with E-state index in [9.17, 15) is 9.59 Å². The van der Waals surface area contributed by atoms with Gasteiger partial charge in [0.15, 0.2) is 6.29 Å². The van der Waals surface area contributed by atoms with Crippen molar-refractivity contribution in [1.29, 1.82) is 0 Å². The lowest BCUT2D eigenvalue weighted by atomic mass is 10.1. The maximum Gasteiger partial charge on any atom is 0.408 e. The molecule has 1 aliphatic heterocycles. The topological polar surface area (TPSA) is 136 Å². The van der Waals surface area contributed by atoms with Crippen molar-refractivity contribution in [3.8, 4) is 0 Å². The summed E-state index contributed by atoms with van der Waals surface area (Å²) in [5, 5.41) is 14.0. The molecule has 0 aromatic rings. The molecule has 10 nitrogen and oxygen atoms in total. The average Bonchev–Trinajstić information content (AvgIpc) is 2.88. The van der Waals surface area contributed by atoms with Crippen LogP contribution in [0.25, 0.3) is 0 Å². The van der Waals surface area contributed by atoms with Gasteiger partial charge in [-0.1, -0.05) is 0 Å². The predicted octanol–water partition coefficient (Wildman–Crippen LogP) is -1.44. The Hall–Kier alpha value is -1.46. The number of ether oxygens (including phenoxy) is 1. The molecule has 0 aromatic heterocycles. The first kappa shape index (κ1) is 18.6. The van der Waals surface area contributed by atoms with Crippen LogP contribution in [-0.2, 0) is 9.53 Å². The van der Waals surface area contributed by atoms with Gasteiger partial charge in [0.05, 0.1) is 0 Å². The molecule has 0 bridgehead atoms. The number of amides is 2. The Kier molecular flexibility index (Phi) is 7.48. The number of aliphatic hydroxyl groups excluding tert-OH is 1. The lowest BCUT2D eigenvalue weighted by Gasteiger charge is -2.24. The summed E-state index contributed by atoms with van der Waals surface area (Å²) in [6, 6.07) is -0.745. The van der Waals surface area contributed by atoms with Crippen LogP contribution in [0.1, 0.15) is 40.0 Å². The third kappa shape index (κ3) is 7.52. The number of rotatable bonds is 7. The van der Waals surface area contributed by atoms with Gasteiger partial charge in [-0.15, -0.1) is 0 Å². The zero-order valence-electron chi connectivity index (χ0n) is 13.2. The molecule has 1 rings (SSSR count). The second-order valence-corrected chi connectivity index (χ2v) is 5.90. The molecule has 22 heavy (non-hydrogen) atoms. The second kappa shape index (κ2) is 8.86. The number of hydrazine groups is 3. The van der Waals surface area contributed by atoms with Crippen molar-refractivity contribution in [2.75, 3.05) is 6.61 Å². The maximum atomic E-state index is 12.2. The van der Waals surface area contributed by atoms with Gasteiger partial charge in [-0.3, -0.25) is 4.79 Å². The van der Waals surface area contributed by atoms with Crippen molar-refractivity contribution in [3.05, 3.63) is 0 Å². The highest BCUT2D eigenvalue weighted by Gasteiger charge is 2.26. The Morgan fingerprint density at radius 1 is 1.23 bits per heavy atom. The number of carbonyl (C=O) groups excluding carboxylic acids is 2. The summed E-state index contributed by atoms with van der Waals surface area (Å²) in [7, 11) is 0. The number of hydrogen-bond donors (Lipinski definition) is 7. The number of aliphatic hydroxyl groups is 1. The van der Waals surface area contributed by atoms with Crippen molar-refractivity contribution < 1.29 is 19.4 Å². The first-order chi connectivity index (χ1) is 10.3. The van der Waals surface area contributed by atoms with Gasteiger partial charge in [-0.05, 0) is 40.0 Å². The van der Waals surface area contributed by atoms with Crippen LogP contribution in [-0.4, -0.2) is 41.6 Å². The molecule has 1 fully saturated rings. The molecule has 1 saturated heterocycles. The molecular weight excluding hydrogens is 292 g/mol. The van der Waals surface area contributed by atoms with Crippen LogP contribution in [0.5, 0.6) is 0 Å². The fourth-order valence-corrected chi connectivity index (χ4v) is 1.75. The fourth-order valence-electron chi connectivity index (χ4n) is 1.75. The molecule has 128 valence electrons. The van der Waals surface area contributed by atoms with Crippen LogP contribution < -0.4 is 32.6 Å². The summed E-state index contributed by atoms with van der Waals surface area (Å²) < 4.78 is 5.16. The van der Waals surface area contributed by atoms with Crippen molar-refractivity contribution in [3.63, 3.8) is 0 Å². The van der Waals surface area contributed by atoms with Crippen LogP contribution >= 0.6 is 0 Å². The quantitative estimate of drug-likeness (QED) is 0.284. The Labute approximate surface area is 129 Å². The monoisotopic (exact) mass is 318 g/mol. The first-order valence-electron chi connectivity index (χ1n) is 7.23.